The van der Waals surface area contributed by atoms with E-state index in [4.69, 9.17) is 4.74 Å². The number of anilines is 2. The predicted molar refractivity (Wildman–Crippen MR) is 119 cm³/mol. The van der Waals surface area contributed by atoms with Crippen molar-refractivity contribution in [2.24, 2.45) is 5.92 Å². The predicted octanol–water partition coefficient (Wildman–Crippen LogP) is 4.30. The van der Waals surface area contributed by atoms with Gasteiger partial charge in [0.05, 0.1) is 6.54 Å². The number of rotatable bonds is 5. The molecular formula is C22H24N6O2S. The third-order valence-electron chi connectivity index (χ3n) is 6.02. The minimum atomic E-state index is -0.384. The fourth-order valence-corrected chi connectivity index (χ4v) is 4.95. The molecule has 160 valence electrons. The first kappa shape index (κ1) is 19.9. The van der Waals surface area contributed by atoms with Crippen molar-refractivity contribution in [2.75, 3.05) is 23.3 Å². The highest BCUT2D eigenvalue weighted by Gasteiger charge is 2.47. The van der Waals surface area contributed by atoms with Gasteiger partial charge in [-0.25, -0.2) is 14.8 Å². The molecule has 8 nitrogen and oxygen atoms in total. The highest BCUT2D eigenvalue weighted by atomic mass is 32.1. The zero-order valence-corrected chi connectivity index (χ0v) is 18.1. The summed E-state index contributed by atoms with van der Waals surface area (Å²) >= 11 is 1.56. The molecule has 1 saturated carbocycles. The van der Waals surface area contributed by atoms with Gasteiger partial charge in [-0.05, 0) is 62.8 Å². The molecular weight excluding hydrogens is 412 g/mol. The molecule has 3 aromatic heterocycles. The Morgan fingerprint density at radius 2 is 2.06 bits per heavy atom. The molecule has 1 spiro atoms. The lowest BCUT2D eigenvalue weighted by atomic mass is 9.78. The van der Waals surface area contributed by atoms with Crippen LogP contribution in [0.5, 0.6) is 0 Å². The molecule has 1 N–H and O–H groups in total. The lowest BCUT2D eigenvalue weighted by molar-refractivity contribution is 0.0148. The minimum Gasteiger partial charge on any atom is -0.441 e. The molecule has 0 radical (unpaired) electrons. The van der Waals surface area contributed by atoms with Crippen LogP contribution in [0.4, 0.5) is 16.4 Å². The van der Waals surface area contributed by atoms with Crippen molar-refractivity contribution >= 4 is 29.1 Å². The second-order valence-electron chi connectivity index (χ2n) is 8.21. The van der Waals surface area contributed by atoms with E-state index in [1.807, 2.05) is 43.5 Å². The Labute approximate surface area is 184 Å². The summed E-state index contributed by atoms with van der Waals surface area (Å²) < 4.78 is 5.83. The van der Waals surface area contributed by atoms with E-state index in [1.54, 1.807) is 22.4 Å². The Morgan fingerprint density at radius 1 is 1.19 bits per heavy atom. The largest absolute Gasteiger partial charge is 0.441 e. The molecule has 5 rings (SSSR count). The topological polar surface area (TPSA) is 93.1 Å². The second-order valence-corrected chi connectivity index (χ2v) is 9.39. The average molecular weight is 437 g/mol. The maximum Gasteiger partial charge on any atom is 0.416 e. The second kappa shape index (κ2) is 8.22. The number of aryl methyl sites for hydroxylation is 1. The van der Waals surface area contributed by atoms with Gasteiger partial charge in [0.1, 0.15) is 27.3 Å². The van der Waals surface area contributed by atoms with Crippen molar-refractivity contribution in [3.05, 3.63) is 47.7 Å². The van der Waals surface area contributed by atoms with E-state index < -0.39 is 0 Å². The number of hydrogen-bond donors (Lipinski definition) is 1. The fourth-order valence-electron chi connectivity index (χ4n) is 4.27. The zero-order valence-electron chi connectivity index (χ0n) is 17.3. The lowest BCUT2D eigenvalue weighted by Crippen LogP contribution is -2.39. The Hall–Kier alpha value is -3.07. The molecule has 2 fully saturated rings. The van der Waals surface area contributed by atoms with Crippen LogP contribution in [0.25, 0.3) is 10.6 Å². The van der Waals surface area contributed by atoms with Crippen LogP contribution in [0.3, 0.4) is 0 Å². The average Bonchev–Trinajstić information content (AvgIpc) is 3.38. The van der Waals surface area contributed by atoms with Crippen LogP contribution in [-0.4, -0.2) is 44.9 Å². The van der Waals surface area contributed by atoms with Crippen molar-refractivity contribution in [1.82, 2.24) is 20.2 Å². The van der Waals surface area contributed by atoms with Crippen LogP contribution in [0, 0.1) is 12.8 Å². The molecule has 2 aliphatic rings. The first-order valence-electron chi connectivity index (χ1n) is 10.5. The number of carbonyl (C=O) groups excluding carboxylic acids is 1. The Kier molecular flexibility index (Phi) is 5.27. The van der Waals surface area contributed by atoms with E-state index in [1.165, 1.54) is 0 Å². The van der Waals surface area contributed by atoms with Gasteiger partial charge >= 0.3 is 6.09 Å². The van der Waals surface area contributed by atoms with Gasteiger partial charge in [-0.15, -0.1) is 10.2 Å². The van der Waals surface area contributed by atoms with E-state index in [-0.39, 0.29) is 11.7 Å². The maximum absolute atomic E-state index is 12.4. The van der Waals surface area contributed by atoms with Gasteiger partial charge in [0.25, 0.3) is 0 Å². The number of aromatic nitrogens is 4. The standard InChI is InChI=1S/C22H24N6O2S/c1-15-26-27-20(31-15)17-5-6-18(25-13-17)24-12-16-7-9-22(10-8-16)14-28(21(29)30-22)19-4-2-3-11-23-19/h2-6,11,13,16H,7-10,12,14H2,1H3,(H,24,25). The van der Waals surface area contributed by atoms with Crippen molar-refractivity contribution in [3.63, 3.8) is 0 Å². The minimum absolute atomic E-state index is 0.287. The molecule has 0 atom stereocenters. The van der Waals surface area contributed by atoms with Gasteiger partial charge < -0.3 is 10.1 Å². The summed E-state index contributed by atoms with van der Waals surface area (Å²) in [5.74, 6) is 2.05. The van der Waals surface area contributed by atoms with E-state index in [0.717, 1.165) is 53.6 Å². The number of amides is 1. The number of nitrogens with zero attached hydrogens (tertiary/aromatic N) is 5. The Balaban J connectivity index is 1.13. The number of nitrogens with one attached hydrogen (secondary N) is 1. The monoisotopic (exact) mass is 436 g/mol. The normalized spacial score (nSPS) is 23.2. The van der Waals surface area contributed by atoms with Crippen molar-refractivity contribution in [1.29, 1.82) is 0 Å². The first-order valence-corrected chi connectivity index (χ1v) is 11.3. The number of pyridine rings is 2. The molecule has 1 saturated heterocycles. The summed E-state index contributed by atoms with van der Waals surface area (Å²) in [6.45, 7) is 3.39. The highest BCUT2D eigenvalue weighted by molar-refractivity contribution is 7.14. The van der Waals surface area contributed by atoms with E-state index in [9.17, 15) is 4.79 Å². The number of ether oxygens (including phenoxy) is 1. The number of hydrogen-bond acceptors (Lipinski definition) is 8. The fraction of sp³-hybridized carbons (Fsp3) is 0.409. The zero-order chi connectivity index (χ0) is 21.3. The summed E-state index contributed by atoms with van der Waals surface area (Å²) in [4.78, 5) is 22.9. The van der Waals surface area contributed by atoms with Crippen molar-refractivity contribution in [3.8, 4) is 10.6 Å². The summed E-state index contributed by atoms with van der Waals surface area (Å²) in [5.41, 5.74) is 0.599. The van der Waals surface area contributed by atoms with E-state index in [0.29, 0.717) is 18.3 Å². The van der Waals surface area contributed by atoms with Gasteiger partial charge in [0.15, 0.2) is 0 Å². The van der Waals surface area contributed by atoms with Gasteiger partial charge in [-0.3, -0.25) is 4.90 Å². The van der Waals surface area contributed by atoms with Gasteiger partial charge in [-0.2, -0.15) is 0 Å². The van der Waals surface area contributed by atoms with Crippen LogP contribution in [0.2, 0.25) is 0 Å². The van der Waals surface area contributed by atoms with Crippen molar-refractivity contribution in [2.45, 2.75) is 38.2 Å². The quantitative estimate of drug-likeness (QED) is 0.637. The van der Waals surface area contributed by atoms with Gasteiger partial charge in [0.2, 0.25) is 0 Å². The van der Waals surface area contributed by atoms with Crippen LogP contribution < -0.4 is 10.2 Å². The highest BCUT2D eigenvalue weighted by Crippen LogP contribution is 2.40. The van der Waals surface area contributed by atoms with Gasteiger partial charge in [0, 0.05) is 24.5 Å². The summed E-state index contributed by atoms with van der Waals surface area (Å²) in [6.07, 6.45) is 7.02. The smallest absolute Gasteiger partial charge is 0.416 e. The van der Waals surface area contributed by atoms with Crippen LogP contribution in [0.15, 0.2) is 42.7 Å². The summed E-state index contributed by atoms with van der Waals surface area (Å²) in [6, 6.07) is 9.59. The van der Waals surface area contributed by atoms with Crippen molar-refractivity contribution < 1.29 is 9.53 Å². The molecule has 3 aromatic rings. The SMILES string of the molecule is Cc1nnc(-c2ccc(NCC3CCC4(CC3)CN(c3ccccn3)C(=O)O4)nc2)s1. The van der Waals surface area contributed by atoms with Crippen LogP contribution in [-0.2, 0) is 4.74 Å². The molecule has 1 aliphatic heterocycles. The number of carbonyl (C=O) groups is 1. The third kappa shape index (κ3) is 4.23. The Bertz CT molecular complexity index is 1050. The summed E-state index contributed by atoms with van der Waals surface area (Å²) in [7, 11) is 0. The molecule has 4 heterocycles. The molecule has 0 bridgehead atoms. The summed E-state index contributed by atoms with van der Waals surface area (Å²) in [5, 5.41) is 13.5. The molecule has 31 heavy (non-hydrogen) atoms. The lowest BCUT2D eigenvalue weighted by Gasteiger charge is -2.35. The first-order chi connectivity index (χ1) is 15.1. The Morgan fingerprint density at radius 3 is 2.74 bits per heavy atom. The van der Waals surface area contributed by atoms with Crippen LogP contribution >= 0.6 is 11.3 Å². The third-order valence-corrected chi connectivity index (χ3v) is 6.91. The van der Waals surface area contributed by atoms with E-state index in [2.05, 4.69) is 25.5 Å². The molecule has 0 unspecified atom stereocenters. The van der Waals surface area contributed by atoms with Crippen LogP contribution in [0.1, 0.15) is 30.7 Å². The molecule has 0 aromatic carbocycles. The maximum atomic E-state index is 12.4. The van der Waals surface area contributed by atoms with E-state index >= 15 is 0 Å². The molecule has 9 heteroatoms. The molecule has 1 amide bonds. The molecule has 1 aliphatic carbocycles. The van der Waals surface area contributed by atoms with Gasteiger partial charge in [-0.1, -0.05) is 17.4 Å².